The molecule has 0 saturated carbocycles. The topological polar surface area (TPSA) is 32.3 Å². The predicted molar refractivity (Wildman–Crippen MR) is 72.4 cm³/mol. The molecule has 3 heteroatoms. The van der Waals surface area contributed by atoms with Gasteiger partial charge in [-0.25, -0.2) is 0 Å². The van der Waals surface area contributed by atoms with Crippen molar-refractivity contribution in [2.45, 2.75) is 25.9 Å². The monoisotopic (exact) mass is 247 g/mol. The third-order valence-electron chi connectivity index (χ3n) is 2.84. The van der Waals surface area contributed by atoms with Gasteiger partial charge in [-0.05, 0) is 43.0 Å². The van der Waals surface area contributed by atoms with Crippen LogP contribution in [0.1, 0.15) is 36.4 Å². The van der Waals surface area contributed by atoms with Crippen LogP contribution in [0.15, 0.2) is 41.8 Å². The quantitative estimate of drug-likeness (QED) is 0.859. The van der Waals surface area contributed by atoms with Gasteiger partial charge >= 0.3 is 0 Å². The minimum atomic E-state index is 0.221. The van der Waals surface area contributed by atoms with Crippen LogP contribution in [0.25, 0.3) is 0 Å². The van der Waals surface area contributed by atoms with E-state index in [0.29, 0.717) is 11.8 Å². The Balaban J connectivity index is 2.04. The van der Waals surface area contributed by atoms with E-state index in [1.165, 1.54) is 4.88 Å². The Bertz CT molecular complexity index is 467. The van der Waals surface area contributed by atoms with E-state index in [-0.39, 0.29) is 6.04 Å². The minimum absolute atomic E-state index is 0.221. The van der Waals surface area contributed by atoms with Gasteiger partial charge in [0.15, 0.2) is 0 Å². The number of phenolic OH excluding ortho intramolecular Hbond substituents is 1. The fourth-order valence-electron chi connectivity index (χ4n) is 1.89. The summed E-state index contributed by atoms with van der Waals surface area (Å²) >= 11 is 1.76. The van der Waals surface area contributed by atoms with E-state index in [1.54, 1.807) is 23.5 Å². The number of rotatable bonds is 4. The minimum Gasteiger partial charge on any atom is -0.508 e. The summed E-state index contributed by atoms with van der Waals surface area (Å²) in [6, 6.07) is 12.1. The maximum Gasteiger partial charge on any atom is 0.115 e. The molecule has 0 aliphatic carbocycles. The molecule has 0 radical (unpaired) electrons. The van der Waals surface area contributed by atoms with Crippen molar-refractivity contribution in [1.82, 2.24) is 5.32 Å². The van der Waals surface area contributed by atoms with Gasteiger partial charge in [-0.3, -0.25) is 0 Å². The Morgan fingerprint density at radius 3 is 2.59 bits per heavy atom. The lowest BCUT2D eigenvalue weighted by Crippen LogP contribution is -2.21. The van der Waals surface area contributed by atoms with Gasteiger partial charge in [-0.15, -0.1) is 11.3 Å². The van der Waals surface area contributed by atoms with Crippen molar-refractivity contribution in [2.75, 3.05) is 0 Å². The van der Waals surface area contributed by atoms with Crippen molar-refractivity contribution < 1.29 is 5.11 Å². The SMILES string of the molecule is CC(N[C@H](C)c1cccs1)c1cccc(O)c1. The first-order chi connectivity index (χ1) is 8.16. The zero-order chi connectivity index (χ0) is 12.3. The van der Waals surface area contributed by atoms with Crippen LogP contribution in [0.4, 0.5) is 0 Å². The molecule has 2 nitrogen and oxygen atoms in total. The van der Waals surface area contributed by atoms with Crippen molar-refractivity contribution in [1.29, 1.82) is 0 Å². The number of thiophene rings is 1. The molecule has 0 saturated heterocycles. The van der Waals surface area contributed by atoms with Gasteiger partial charge < -0.3 is 10.4 Å². The van der Waals surface area contributed by atoms with Crippen LogP contribution in [0.5, 0.6) is 5.75 Å². The first-order valence-electron chi connectivity index (χ1n) is 5.75. The zero-order valence-corrected chi connectivity index (χ0v) is 10.9. The lowest BCUT2D eigenvalue weighted by Gasteiger charge is -2.19. The molecule has 0 aliphatic rings. The largest absolute Gasteiger partial charge is 0.508 e. The summed E-state index contributed by atoms with van der Waals surface area (Å²) < 4.78 is 0. The van der Waals surface area contributed by atoms with E-state index in [4.69, 9.17) is 0 Å². The zero-order valence-electron chi connectivity index (χ0n) is 10.1. The van der Waals surface area contributed by atoms with E-state index in [2.05, 4.69) is 36.7 Å². The normalized spacial score (nSPS) is 14.5. The first kappa shape index (κ1) is 12.1. The van der Waals surface area contributed by atoms with Crippen molar-refractivity contribution in [3.05, 3.63) is 52.2 Å². The van der Waals surface area contributed by atoms with Crippen LogP contribution in [-0.2, 0) is 0 Å². The van der Waals surface area contributed by atoms with E-state index < -0.39 is 0 Å². The maximum absolute atomic E-state index is 9.45. The highest BCUT2D eigenvalue weighted by atomic mass is 32.1. The van der Waals surface area contributed by atoms with Crippen molar-refractivity contribution in [3.63, 3.8) is 0 Å². The molecule has 2 N–H and O–H groups in total. The highest BCUT2D eigenvalue weighted by Crippen LogP contribution is 2.24. The fraction of sp³-hybridized carbons (Fsp3) is 0.286. The molecule has 0 aliphatic heterocycles. The van der Waals surface area contributed by atoms with Crippen LogP contribution < -0.4 is 5.32 Å². The van der Waals surface area contributed by atoms with Crippen molar-refractivity contribution >= 4 is 11.3 Å². The molecule has 2 rings (SSSR count). The Labute approximate surface area is 106 Å². The maximum atomic E-state index is 9.45. The van der Waals surface area contributed by atoms with Gasteiger partial charge in [0, 0.05) is 17.0 Å². The number of hydrogen-bond donors (Lipinski definition) is 2. The number of phenols is 1. The molecule has 0 spiro atoms. The van der Waals surface area contributed by atoms with E-state index in [0.717, 1.165) is 5.56 Å². The fourth-order valence-corrected chi connectivity index (χ4v) is 2.63. The summed E-state index contributed by atoms with van der Waals surface area (Å²) in [7, 11) is 0. The van der Waals surface area contributed by atoms with Crippen LogP contribution >= 0.6 is 11.3 Å². The molecule has 1 unspecified atom stereocenters. The molecule has 2 atom stereocenters. The summed E-state index contributed by atoms with van der Waals surface area (Å²) in [4.78, 5) is 1.33. The molecular formula is C14H17NOS. The van der Waals surface area contributed by atoms with Crippen molar-refractivity contribution in [2.24, 2.45) is 0 Å². The number of hydrogen-bond acceptors (Lipinski definition) is 3. The van der Waals surface area contributed by atoms with Crippen LogP contribution in [0, 0.1) is 0 Å². The molecular weight excluding hydrogens is 230 g/mol. The summed E-state index contributed by atoms with van der Waals surface area (Å²) in [5.74, 6) is 0.319. The standard InChI is InChI=1S/C14H17NOS/c1-10(12-5-3-6-13(16)9-12)15-11(2)14-7-4-8-17-14/h3-11,15-16H,1-2H3/t10?,11-/m1/s1. The summed E-state index contributed by atoms with van der Waals surface area (Å²) in [5.41, 5.74) is 1.11. The third kappa shape index (κ3) is 3.08. The van der Waals surface area contributed by atoms with E-state index in [9.17, 15) is 5.11 Å². The second-order valence-electron chi connectivity index (χ2n) is 4.22. The van der Waals surface area contributed by atoms with Gasteiger partial charge in [0.1, 0.15) is 5.75 Å². The highest BCUT2D eigenvalue weighted by Gasteiger charge is 2.11. The Kier molecular flexibility index (Phi) is 3.82. The van der Waals surface area contributed by atoms with Gasteiger partial charge in [0.25, 0.3) is 0 Å². The number of nitrogens with one attached hydrogen (secondary N) is 1. The first-order valence-corrected chi connectivity index (χ1v) is 6.63. The molecule has 0 bridgehead atoms. The molecule has 90 valence electrons. The highest BCUT2D eigenvalue weighted by molar-refractivity contribution is 7.10. The molecule has 0 amide bonds. The lowest BCUT2D eigenvalue weighted by atomic mass is 10.1. The Morgan fingerprint density at radius 1 is 1.12 bits per heavy atom. The molecule has 1 aromatic heterocycles. The van der Waals surface area contributed by atoms with E-state index in [1.807, 2.05) is 12.1 Å². The second kappa shape index (κ2) is 5.34. The third-order valence-corrected chi connectivity index (χ3v) is 3.90. The number of aromatic hydroxyl groups is 1. The molecule has 1 aromatic carbocycles. The summed E-state index contributed by atoms with van der Waals surface area (Å²) in [5, 5.41) is 15.1. The van der Waals surface area contributed by atoms with E-state index >= 15 is 0 Å². The van der Waals surface area contributed by atoms with Crippen LogP contribution in [-0.4, -0.2) is 5.11 Å². The average Bonchev–Trinajstić information content (AvgIpc) is 2.82. The smallest absolute Gasteiger partial charge is 0.115 e. The Morgan fingerprint density at radius 2 is 1.94 bits per heavy atom. The summed E-state index contributed by atoms with van der Waals surface area (Å²) in [6.45, 7) is 4.27. The molecule has 0 fully saturated rings. The molecule has 1 heterocycles. The lowest BCUT2D eigenvalue weighted by molar-refractivity contribution is 0.467. The van der Waals surface area contributed by atoms with Gasteiger partial charge in [-0.1, -0.05) is 18.2 Å². The van der Waals surface area contributed by atoms with Crippen LogP contribution in [0.3, 0.4) is 0 Å². The average molecular weight is 247 g/mol. The van der Waals surface area contributed by atoms with Crippen molar-refractivity contribution in [3.8, 4) is 5.75 Å². The van der Waals surface area contributed by atoms with Gasteiger partial charge in [-0.2, -0.15) is 0 Å². The van der Waals surface area contributed by atoms with Gasteiger partial charge in [0.05, 0.1) is 0 Å². The second-order valence-corrected chi connectivity index (χ2v) is 5.20. The predicted octanol–water partition coefficient (Wildman–Crippen LogP) is 3.87. The molecule has 17 heavy (non-hydrogen) atoms. The Hall–Kier alpha value is -1.32. The number of benzene rings is 1. The van der Waals surface area contributed by atoms with Crippen LogP contribution in [0.2, 0.25) is 0 Å². The molecule has 2 aromatic rings. The van der Waals surface area contributed by atoms with Gasteiger partial charge in [0.2, 0.25) is 0 Å². The summed E-state index contributed by atoms with van der Waals surface area (Å²) in [6.07, 6.45) is 0.